The molecule has 2 aromatic carbocycles. The van der Waals surface area contributed by atoms with Gasteiger partial charge in [-0.2, -0.15) is 0 Å². The second-order valence-corrected chi connectivity index (χ2v) is 8.04. The number of carbonyl (C=O) groups is 1. The van der Waals surface area contributed by atoms with Crippen LogP contribution in [0.5, 0.6) is 17.4 Å². The number of aromatic nitrogens is 1. The molecule has 7 heteroatoms. The largest absolute Gasteiger partial charge is 0.497 e. The topological polar surface area (TPSA) is 72.5 Å². The number of rotatable bonds is 5. The van der Waals surface area contributed by atoms with E-state index in [2.05, 4.69) is 36.4 Å². The molecule has 0 fully saturated rings. The quantitative estimate of drug-likeness (QED) is 0.490. The zero-order valence-electron chi connectivity index (χ0n) is 17.3. The number of urea groups is 1. The number of benzene rings is 2. The normalized spacial score (nSPS) is 11.0. The minimum absolute atomic E-state index is 0.112. The molecule has 0 unspecified atom stereocenters. The molecule has 0 bridgehead atoms. The molecule has 156 valence electrons. The molecule has 2 amide bonds. The number of amides is 2. The van der Waals surface area contributed by atoms with E-state index in [0.717, 1.165) is 5.56 Å². The van der Waals surface area contributed by atoms with E-state index in [4.69, 9.17) is 21.1 Å². The predicted octanol–water partition coefficient (Wildman–Crippen LogP) is 6.48. The standard InChI is InChI=1S/C23H24ClN3O3/c1-23(2,3)16-8-5-6-10-20(16)30-21-18(9-7-13-25-21)26-22(28)27-19-14-15(29-4)11-12-17(19)24/h5-14H,1-4H3,(H2,26,27,28). The average Bonchev–Trinajstić information content (AvgIpc) is 2.71. The summed E-state index contributed by atoms with van der Waals surface area (Å²) >= 11 is 6.16. The fourth-order valence-electron chi connectivity index (χ4n) is 2.85. The first-order valence-electron chi connectivity index (χ1n) is 9.42. The van der Waals surface area contributed by atoms with Crippen LogP contribution in [0.3, 0.4) is 0 Å². The maximum absolute atomic E-state index is 12.6. The van der Waals surface area contributed by atoms with Crippen LogP contribution in [0.1, 0.15) is 26.3 Å². The molecule has 30 heavy (non-hydrogen) atoms. The van der Waals surface area contributed by atoms with E-state index in [-0.39, 0.29) is 5.41 Å². The van der Waals surface area contributed by atoms with Crippen LogP contribution in [0.25, 0.3) is 0 Å². The van der Waals surface area contributed by atoms with Gasteiger partial charge in [0, 0.05) is 17.8 Å². The van der Waals surface area contributed by atoms with Crippen LogP contribution in [0.2, 0.25) is 5.02 Å². The minimum Gasteiger partial charge on any atom is -0.497 e. The Balaban J connectivity index is 1.81. The lowest BCUT2D eigenvalue weighted by Gasteiger charge is -2.22. The molecule has 6 nitrogen and oxygen atoms in total. The van der Waals surface area contributed by atoms with Crippen LogP contribution < -0.4 is 20.1 Å². The number of hydrogen-bond acceptors (Lipinski definition) is 4. The number of anilines is 2. The van der Waals surface area contributed by atoms with E-state index < -0.39 is 6.03 Å². The first-order valence-corrected chi connectivity index (χ1v) is 9.79. The van der Waals surface area contributed by atoms with Crippen LogP contribution in [-0.4, -0.2) is 18.1 Å². The van der Waals surface area contributed by atoms with Gasteiger partial charge in [-0.3, -0.25) is 0 Å². The third-order valence-electron chi connectivity index (χ3n) is 4.34. The zero-order chi connectivity index (χ0) is 21.7. The second-order valence-electron chi connectivity index (χ2n) is 7.63. The average molecular weight is 426 g/mol. The Morgan fingerprint density at radius 3 is 2.47 bits per heavy atom. The van der Waals surface area contributed by atoms with Gasteiger partial charge >= 0.3 is 6.03 Å². The molecule has 0 aliphatic heterocycles. The molecule has 2 N–H and O–H groups in total. The van der Waals surface area contributed by atoms with Gasteiger partial charge < -0.3 is 20.1 Å². The van der Waals surface area contributed by atoms with Gasteiger partial charge in [-0.1, -0.05) is 50.6 Å². The van der Waals surface area contributed by atoms with E-state index in [1.807, 2.05) is 24.3 Å². The molecule has 0 spiro atoms. The second kappa shape index (κ2) is 9.05. The van der Waals surface area contributed by atoms with Crippen molar-refractivity contribution in [1.82, 2.24) is 4.98 Å². The molecule has 0 aliphatic carbocycles. The summed E-state index contributed by atoms with van der Waals surface area (Å²) in [6.45, 7) is 6.33. The van der Waals surface area contributed by atoms with Crippen LogP contribution in [0.4, 0.5) is 16.2 Å². The molecular formula is C23H24ClN3O3. The zero-order valence-corrected chi connectivity index (χ0v) is 18.1. The first-order chi connectivity index (χ1) is 14.3. The van der Waals surface area contributed by atoms with E-state index >= 15 is 0 Å². The first kappa shape index (κ1) is 21.5. The number of para-hydroxylation sites is 1. The SMILES string of the molecule is COc1ccc(Cl)c(NC(=O)Nc2cccnc2Oc2ccccc2C(C)(C)C)c1. The van der Waals surface area contributed by atoms with Crippen molar-refractivity contribution in [2.45, 2.75) is 26.2 Å². The molecule has 0 atom stereocenters. The van der Waals surface area contributed by atoms with Crippen molar-refractivity contribution in [3.8, 4) is 17.4 Å². The van der Waals surface area contributed by atoms with Crippen LogP contribution in [0.15, 0.2) is 60.8 Å². The highest BCUT2D eigenvalue weighted by Crippen LogP contribution is 2.35. The molecule has 3 rings (SSSR count). The summed E-state index contributed by atoms with van der Waals surface area (Å²) in [6.07, 6.45) is 1.61. The molecule has 0 saturated carbocycles. The van der Waals surface area contributed by atoms with Gasteiger partial charge in [0.2, 0.25) is 5.88 Å². The summed E-state index contributed by atoms with van der Waals surface area (Å²) in [6, 6.07) is 15.7. The molecule has 3 aromatic rings. The summed E-state index contributed by atoms with van der Waals surface area (Å²) in [4.78, 5) is 16.9. The fraction of sp³-hybridized carbons (Fsp3) is 0.217. The lowest BCUT2D eigenvalue weighted by atomic mass is 9.86. The lowest BCUT2D eigenvalue weighted by Crippen LogP contribution is -2.20. The molecule has 1 heterocycles. The third-order valence-corrected chi connectivity index (χ3v) is 4.67. The maximum Gasteiger partial charge on any atom is 0.323 e. The van der Waals surface area contributed by atoms with Gasteiger partial charge in [-0.05, 0) is 35.7 Å². The monoisotopic (exact) mass is 425 g/mol. The van der Waals surface area contributed by atoms with Crippen LogP contribution >= 0.6 is 11.6 Å². The molecule has 0 saturated heterocycles. The Bertz CT molecular complexity index is 1050. The number of nitrogens with one attached hydrogen (secondary N) is 2. The van der Waals surface area contributed by atoms with E-state index in [1.54, 1.807) is 43.6 Å². The molecular weight excluding hydrogens is 402 g/mol. The Labute approximate surface area is 181 Å². The van der Waals surface area contributed by atoms with E-state index in [1.165, 1.54) is 0 Å². The smallest absolute Gasteiger partial charge is 0.323 e. The van der Waals surface area contributed by atoms with Crippen molar-refractivity contribution in [2.24, 2.45) is 0 Å². The highest BCUT2D eigenvalue weighted by Gasteiger charge is 2.20. The number of methoxy groups -OCH3 is 1. The van der Waals surface area contributed by atoms with Crippen molar-refractivity contribution in [3.63, 3.8) is 0 Å². The number of hydrogen-bond donors (Lipinski definition) is 2. The van der Waals surface area contributed by atoms with Gasteiger partial charge in [0.25, 0.3) is 0 Å². The molecule has 0 aliphatic rings. The predicted molar refractivity (Wildman–Crippen MR) is 120 cm³/mol. The van der Waals surface area contributed by atoms with Gasteiger partial charge in [0.1, 0.15) is 17.2 Å². The minimum atomic E-state index is -0.480. The number of ether oxygens (including phenoxy) is 2. The Morgan fingerprint density at radius 1 is 1.00 bits per heavy atom. The van der Waals surface area contributed by atoms with Gasteiger partial charge in [0.15, 0.2) is 0 Å². The number of carbonyl (C=O) groups excluding carboxylic acids is 1. The van der Waals surface area contributed by atoms with Crippen LogP contribution in [-0.2, 0) is 5.41 Å². The Kier molecular flexibility index (Phi) is 6.47. The highest BCUT2D eigenvalue weighted by atomic mass is 35.5. The van der Waals surface area contributed by atoms with Gasteiger partial charge in [-0.15, -0.1) is 0 Å². The van der Waals surface area contributed by atoms with Crippen molar-refractivity contribution in [1.29, 1.82) is 0 Å². The number of halogens is 1. The molecule has 0 radical (unpaired) electrons. The summed E-state index contributed by atoms with van der Waals surface area (Å²) in [5, 5.41) is 5.88. The van der Waals surface area contributed by atoms with Crippen molar-refractivity contribution in [3.05, 3.63) is 71.4 Å². The van der Waals surface area contributed by atoms with E-state index in [9.17, 15) is 4.79 Å². The molecule has 1 aromatic heterocycles. The van der Waals surface area contributed by atoms with Crippen molar-refractivity contribution < 1.29 is 14.3 Å². The summed E-state index contributed by atoms with van der Waals surface area (Å²) in [5.41, 5.74) is 1.78. The Morgan fingerprint density at radius 2 is 1.73 bits per heavy atom. The summed E-state index contributed by atoms with van der Waals surface area (Å²) < 4.78 is 11.3. The van der Waals surface area contributed by atoms with Gasteiger partial charge in [-0.25, -0.2) is 9.78 Å². The van der Waals surface area contributed by atoms with Crippen molar-refractivity contribution >= 4 is 29.0 Å². The van der Waals surface area contributed by atoms with E-state index in [0.29, 0.717) is 33.8 Å². The summed E-state index contributed by atoms with van der Waals surface area (Å²) in [5.74, 6) is 1.56. The van der Waals surface area contributed by atoms with Crippen LogP contribution in [0, 0.1) is 0 Å². The fourth-order valence-corrected chi connectivity index (χ4v) is 3.01. The van der Waals surface area contributed by atoms with Crippen molar-refractivity contribution in [2.75, 3.05) is 17.7 Å². The summed E-state index contributed by atoms with van der Waals surface area (Å²) in [7, 11) is 1.54. The third kappa shape index (κ3) is 5.21. The number of pyridine rings is 1. The maximum atomic E-state index is 12.6. The number of nitrogens with zero attached hydrogens (tertiary/aromatic N) is 1. The highest BCUT2D eigenvalue weighted by molar-refractivity contribution is 6.33. The Hall–Kier alpha value is -3.25. The van der Waals surface area contributed by atoms with Gasteiger partial charge in [0.05, 0.1) is 17.8 Å². The lowest BCUT2D eigenvalue weighted by molar-refractivity contribution is 0.262.